The fourth-order valence-electron chi connectivity index (χ4n) is 3.25. The van der Waals surface area contributed by atoms with E-state index >= 15 is 0 Å². The molecule has 1 amide bonds. The molecule has 160 valence electrons. The molecule has 0 radical (unpaired) electrons. The van der Waals surface area contributed by atoms with E-state index in [0.717, 1.165) is 37.5 Å². The fourth-order valence-corrected chi connectivity index (χ4v) is 4.64. The summed E-state index contributed by atoms with van der Waals surface area (Å²) in [7, 11) is -3.02. The highest BCUT2D eigenvalue weighted by atomic mass is 35.5. The monoisotopic (exact) mass is 453 g/mol. The maximum atomic E-state index is 13.0. The molecule has 1 aliphatic heterocycles. The van der Waals surface area contributed by atoms with Crippen molar-refractivity contribution in [3.8, 4) is 5.75 Å². The highest BCUT2D eigenvalue weighted by Gasteiger charge is 2.26. The molecular formula is C19H20ClN3O6S. The zero-order chi connectivity index (χ0) is 21.9. The number of carbonyl (C=O) groups is 1. The lowest BCUT2D eigenvalue weighted by atomic mass is 10.1. The highest BCUT2D eigenvalue weighted by Crippen LogP contribution is 2.32. The Bertz CT molecular complexity index is 1080. The van der Waals surface area contributed by atoms with Crippen LogP contribution < -0.4 is 9.46 Å². The third-order valence-electron chi connectivity index (χ3n) is 4.75. The molecule has 30 heavy (non-hydrogen) atoms. The number of non-ortho nitro benzene ring substituents is 1. The molecule has 0 unspecified atom stereocenters. The zero-order valence-electron chi connectivity index (χ0n) is 16.1. The Balaban J connectivity index is 1.98. The molecule has 0 spiro atoms. The molecular weight excluding hydrogens is 434 g/mol. The van der Waals surface area contributed by atoms with Crippen LogP contribution in [0.2, 0.25) is 5.02 Å². The Morgan fingerprint density at radius 2 is 1.87 bits per heavy atom. The van der Waals surface area contributed by atoms with E-state index in [9.17, 15) is 23.3 Å². The molecule has 2 aromatic rings. The van der Waals surface area contributed by atoms with E-state index < -0.39 is 14.9 Å². The van der Waals surface area contributed by atoms with Gasteiger partial charge in [-0.1, -0.05) is 11.6 Å². The third kappa shape index (κ3) is 4.65. The summed E-state index contributed by atoms with van der Waals surface area (Å²) < 4.78 is 33.4. The second-order valence-corrected chi connectivity index (χ2v) is 8.83. The molecule has 0 bridgehead atoms. The van der Waals surface area contributed by atoms with Gasteiger partial charge in [-0.3, -0.25) is 19.6 Å². The van der Waals surface area contributed by atoms with Gasteiger partial charge in [0.25, 0.3) is 21.6 Å². The molecule has 1 aliphatic rings. The molecule has 1 heterocycles. The van der Waals surface area contributed by atoms with E-state index in [0.29, 0.717) is 13.1 Å². The van der Waals surface area contributed by atoms with Crippen LogP contribution in [-0.2, 0) is 10.0 Å². The number of carbonyl (C=O) groups excluding carboxylic acids is 1. The van der Waals surface area contributed by atoms with Crippen molar-refractivity contribution in [1.29, 1.82) is 0 Å². The van der Waals surface area contributed by atoms with E-state index in [2.05, 4.69) is 4.72 Å². The van der Waals surface area contributed by atoms with Crippen molar-refractivity contribution < 1.29 is 22.9 Å². The highest BCUT2D eigenvalue weighted by molar-refractivity contribution is 7.92. The minimum absolute atomic E-state index is 0.0264. The number of nitro benzene ring substituents is 1. The molecule has 1 fully saturated rings. The molecule has 11 heteroatoms. The predicted molar refractivity (Wildman–Crippen MR) is 112 cm³/mol. The first-order valence-corrected chi connectivity index (χ1v) is 11.0. The Labute approximate surface area is 178 Å². The molecule has 3 rings (SSSR count). The summed E-state index contributed by atoms with van der Waals surface area (Å²) in [6.45, 7) is 1.20. The molecule has 0 saturated carbocycles. The number of benzene rings is 2. The first-order valence-electron chi connectivity index (χ1n) is 9.17. The molecule has 2 aromatic carbocycles. The Morgan fingerprint density at radius 3 is 2.50 bits per heavy atom. The van der Waals surface area contributed by atoms with Crippen molar-refractivity contribution >= 4 is 38.9 Å². The molecule has 0 aliphatic carbocycles. The lowest BCUT2D eigenvalue weighted by molar-refractivity contribution is -0.385. The Hall–Kier alpha value is -2.85. The number of piperidine rings is 1. The van der Waals surface area contributed by atoms with Crippen molar-refractivity contribution in [2.75, 3.05) is 24.9 Å². The molecule has 1 N–H and O–H groups in total. The molecule has 0 aromatic heterocycles. The maximum Gasteiger partial charge on any atom is 0.273 e. The van der Waals surface area contributed by atoms with Crippen LogP contribution in [0, 0.1) is 10.1 Å². The number of anilines is 1. The van der Waals surface area contributed by atoms with Crippen molar-refractivity contribution in [2.24, 2.45) is 0 Å². The van der Waals surface area contributed by atoms with E-state index in [1.165, 1.54) is 25.3 Å². The number of nitrogens with one attached hydrogen (secondary N) is 1. The van der Waals surface area contributed by atoms with Gasteiger partial charge in [0.05, 0.1) is 29.4 Å². The van der Waals surface area contributed by atoms with Crippen molar-refractivity contribution in [3.05, 3.63) is 57.1 Å². The van der Waals surface area contributed by atoms with E-state index in [4.69, 9.17) is 16.3 Å². The summed E-state index contributed by atoms with van der Waals surface area (Å²) in [5, 5.41) is 11.2. The average molecular weight is 454 g/mol. The largest absolute Gasteiger partial charge is 0.495 e. The number of rotatable bonds is 6. The van der Waals surface area contributed by atoms with E-state index in [1.54, 1.807) is 4.90 Å². The minimum Gasteiger partial charge on any atom is -0.495 e. The number of halogens is 1. The smallest absolute Gasteiger partial charge is 0.273 e. The van der Waals surface area contributed by atoms with E-state index in [1.807, 2.05) is 0 Å². The summed E-state index contributed by atoms with van der Waals surface area (Å²) in [6, 6.07) is 7.51. The molecule has 0 atom stereocenters. The Morgan fingerprint density at radius 1 is 1.17 bits per heavy atom. The van der Waals surface area contributed by atoms with Crippen molar-refractivity contribution in [2.45, 2.75) is 24.2 Å². The van der Waals surface area contributed by atoms with Crippen LogP contribution in [0.5, 0.6) is 5.75 Å². The van der Waals surface area contributed by atoms with Gasteiger partial charge >= 0.3 is 0 Å². The van der Waals surface area contributed by atoms with Crippen molar-refractivity contribution in [3.63, 3.8) is 0 Å². The van der Waals surface area contributed by atoms with Gasteiger partial charge in [-0.25, -0.2) is 8.42 Å². The number of hydrogen-bond donors (Lipinski definition) is 1. The summed E-state index contributed by atoms with van der Waals surface area (Å²) in [6.07, 6.45) is 2.82. The van der Waals surface area contributed by atoms with Crippen LogP contribution in [0.4, 0.5) is 11.4 Å². The third-order valence-corrected chi connectivity index (χ3v) is 6.39. The summed E-state index contributed by atoms with van der Waals surface area (Å²) in [5.41, 5.74) is -0.112. The summed E-state index contributed by atoms with van der Waals surface area (Å²) in [5.74, 6) is -0.484. The number of amides is 1. The van der Waals surface area contributed by atoms with Gasteiger partial charge < -0.3 is 9.64 Å². The van der Waals surface area contributed by atoms with Gasteiger partial charge in [0, 0.05) is 24.2 Å². The lowest BCUT2D eigenvalue weighted by Crippen LogP contribution is -2.36. The predicted octanol–water partition coefficient (Wildman–Crippen LogP) is 3.68. The van der Waals surface area contributed by atoms with Gasteiger partial charge in [0.2, 0.25) is 0 Å². The maximum absolute atomic E-state index is 13.0. The van der Waals surface area contributed by atoms with E-state index in [-0.39, 0.29) is 38.5 Å². The second-order valence-electron chi connectivity index (χ2n) is 6.74. The van der Waals surface area contributed by atoms with Crippen LogP contribution in [0.15, 0.2) is 41.3 Å². The average Bonchev–Trinajstić information content (AvgIpc) is 2.73. The van der Waals surface area contributed by atoms with Crippen molar-refractivity contribution in [1.82, 2.24) is 4.90 Å². The molecule has 1 saturated heterocycles. The number of sulfonamides is 1. The fraction of sp³-hybridized carbons (Fsp3) is 0.316. The number of nitrogens with zero attached hydrogens (tertiary/aromatic N) is 2. The van der Waals surface area contributed by atoms with Gasteiger partial charge in [-0.05, 0) is 43.5 Å². The normalized spacial score (nSPS) is 14.3. The van der Waals surface area contributed by atoms with Gasteiger partial charge in [-0.2, -0.15) is 0 Å². The number of methoxy groups -OCH3 is 1. The van der Waals surface area contributed by atoms with Crippen LogP contribution in [0.25, 0.3) is 0 Å². The first-order chi connectivity index (χ1) is 14.2. The standard InChI is InChI=1S/C19H20ClN3O6S/c1-29-17-12-14(23(25)26)6-8-18(17)30(27,28)21-16-11-13(20)5-7-15(16)19(24)22-9-3-2-4-10-22/h5-8,11-12,21H,2-4,9-10H2,1H3. The first kappa shape index (κ1) is 21.8. The number of likely N-dealkylation sites (tertiary alicyclic amines) is 1. The van der Waals surface area contributed by atoms with Crippen LogP contribution in [-0.4, -0.2) is 44.3 Å². The molecule has 9 nitrogen and oxygen atoms in total. The summed E-state index contributed by atoms with van der Waals surface area (Å²) in [4.78, 5) is 24.6. The quantitative estimate of drug-likeness (QED) is 0.526. The summed E-state index contributed by atoms with van der Waals surface area (Å²) >= 11 is 6.04. The number of hydrogen-bond acceptors (Lipinski definition) is 6. The number of ether oxygens (including phenoxy) is 1. The van der Waals surface area contributed by atoms with Gasteiger partial charge in [0.15, 0.2) is 0 Å². The minimum atomic E-state index is -4.23. The Kier molecular flexibility index (Phi) is 6.47. The van der Waals surface area contributed by atoms with Gasteiger partial charge in [-0.15, -0.1) is 0 Å². The van der Waals surface area contributed by atoms with Gasteiger partial charge in [0.1, 0.15) is 10.6 Å². The SMILES string of the molecule is COc1cc([N+](=O)[O-])ccc1S(=O)(=O)Nc1cc(Cl)ccc1C(=O)N1CCCCC1. The van der Waals surface area contributed by atoms with Crippen LogP contribution in [0.1, 0.15) is 29.6 Å². The second kappa shape index (κ2) is 8.88. The van der Waals surface area contributed by atoms with Crippen LogP contribution >= 0.6 is 11.6 Å². The topological polar surface area (TPSA) is 119 Å². The van der Waals surface area contributed by atoms with Crippen LogP contribution in [0.3, 0.4) is 0 Å². The number of nitro groups is 1. The zero-order valence-corrected chi connectivity index (χ0v) is 17.7. The lowest BCUT2D eigenvalue weighted by Gasteiger charge is -2.27.